The number of esters is 2. The maximum Gasteiger partial charge on any atom is 0.387 e. The summed E-state index contributed by atoms with van der Waals surface area (Å²) in [5.74, 6) is -1.91. The number of carbonyl (C=O) groups is 2. The fourth-order valence-corrected chi connectivity index (χ4v) is 7.45. The summed E-state index contributed by atoms with van der Waals surface area (Å²) in [6.45, 7) is -0.107. The lowest BCUT2D eigenvalue weighted by Crippen LogP contribution is -2.52. The number of H-pyrrole nitrogens is 1. The van der Waals surface area contributed by atoms with Crippen molar-refractivity contribution in [2.75, 3.05) is 31.6 Å². The minimum Gasteiger partial charge on any atom is -0.870 e. The molecule has 55 heavy (non-hydrogen) atoms. The molecule has 0 radical (unpaired) electrons. The van der Waals surface area contributed by atoms with Crippen molar-refractivity contribution in [1.82, 2.24) is 4.90 Å². The molecular weight excluding hydrogens is 762 g/mol. The highest BCUT2D eigenvalue weighted by atomic mass is 35.5. The van der Waals surface area contributed by atoms with Gasteiger partial charge in [0.05, 0.1) is 12.2 Å². The maximum absolute atomic E-state index is 15.8. The van der Waals surface area contributed by atoms with Crippen LogP contribution in [0.5, 0.6) is 11.5 Å². The van der Waals surface area contributed by atoms with Crippen molar-refractivity contribution in [3.63, 3.8) is 0 Å². The largest absolute Gasteiger partial charge is 0.870 e. The first kappa shape index (κ1) is 40.1. The second kappa shape index (κ2) is 17.9. The number of carbonyl (C=O) groups excluding carboxylic acids is 2. The molecule has 4 fully saturated rings. The third-order valence-corrected chi connectivity index (χ3v) is 10.8. The number of pyridine rings is 1. The van der Waals surface area contributed by atoms with Gasteiger partial charge in [-0.25, -0.2) is 19.0 Å². The number of halogens is 5. The van der Waals surface area contributed by atoms with Crippen LogP contribution in [0.3, 0.4) is 0 Å². The lowest BCUT2D eigenvalue weighted by atomic mass is 9.86. The van der Waals surface area contributed by atoms with Crippen molar-refractivity contribution in [2.45, 2.75) is 57.0 Å². The third kappa shape index (κ3) is 10.0. The zero-order chi connectivity index (χ0) is 37.8. The van der Waals surface area contributed by atoms with Crippen molar-refractivity contribution in [1.29, 1.82) is 0 Å². The molecule has 1 unspecified atom stereocenters. The van der Waals surface area contributed by atoms with Crippen LogP contribution in [0.15, 0.2) is 79.1 Å². The summed E-state index contributed by atoms with van der Waals surface area (Å²) in [5, 5.41) is 3.62. The first-order valence-corrected chi connectivity index (χ1v) is 18.7. The highest BCUT2D eigenvalue weighted by Crippen LogP contribution is 2.38. The Balaban J connectivity index is 0.00000514. The number of nitrogens with one attached hydrogen (secondary N) is 2. The van der Waals surface area contributed by atoms with E-state index in [9.17, 15) is 18.4 Å². The molecule has 2 bridgehead atoms. The quantitative estimate of drug-likeness (QED) is 0.119. The van der Waals surface area contributed by atoms with Gasteiger partial charge in [0.2, 0.25) is 0 Å². The van der Waals surface area contributed by atoms with Crippen molar-refractivity contribution in [3.8, 4) is 11.5 Å². The number of hydrogen-bond acceptors (Lipinski definition) is 9. The van der Waals surface area contributed by atoms with Gasteiger partial charge in [0.15, 0.2) is 29.9 Å². The van der Waals surface area contributed by atoms with E-state index >= 15 is 4.39 Å². The first-order chi connectivity index (χ1) is 26.1. The lowest BCUT2D eigenvalue weighted by molar-refractivity contribution is -0.377. The van der Waals surface area contributed by atoms with E-state index in [0.29, 0.717) is 41.7 Å². The van der Waals surface area contributed by atoms with Gasteiger partial charge in [0.25, 0.3) is 0 Å². The molecule has 4 aliphatic rings. The Bertz CT molecular complexity index is 1950. The fraction of sp³-hybridized carbons (Fsp3) is 0.375. The predicted octanol–water partition coefficient (Wildman–Crippen LogP) is 8.09. The van der Waals surface area contributed by atoms with Crippen molar-refractivity contribution >= 4 is 40.8 Å². The summed E-state index contributed by atoms with van der Waals surface area (Å²) in [4.78, 5) is 32.4. The van der Waals surface area contributed by atoms with Gasteiger partial charge in [-0.15, -0.1) is 0 Å². The molecule has 0 amide bonds. The van der Waals surface area contributed by atoms with E-state index in [-0.39, 0.29) is 50.8 Å². The minimum absolute atomic E-state index is 0. The van der Waals surface area contributed by atoms with Crippen LogP contribution in [-0.4, -0.2) is 61.3 Å². The molecule has 3 aliphatic heterocycles. The van der Waals surface area contributed by atoms with Crippen LogP contribution in [0.2, 0.25) is 10.0 Å². The number of aromatic amines is 1. The number of nitrogens with zero attached hydrogens (tertiary/aromatic N) is 1. The topological polar surface area (TPSA) is 130 Å². The number of rotatable bonds is 15. The first-order valence-electron chi connectivity index (χ1n) is 17.9. The molecule has 10 nitrogen and oxygen atoms in total. The van der Waals surface area contributed by atoms with Crippen LogP contribution in [0.4, 0.5) is 18.9 Å². The van der Waals surface area contributed by atoms with Gasteiger partial charge in [-0.3, -0.25) is 4.90 Å². The Morgan fingerprint density at radius 3 is 2.27 bits per heavy atom. The second-order valence-corrected chi connectivity index (χ2v) is 14.7. The second-order valence-electron chi connectivity index (χ2n) is 13.9. The molecule has 3 aromatic carbocycles. The number of piperidine rings is 3. The Morgan fingerprint density at radius 1 is 0.909 bits per heavy atom. The molecule has 4 heterocycles. The highest BCUT2D eigenvalue weighted by Gasteiger charge is 2.38. The normalized spacial score (nSPS) is 19.9. The van der Waals surface area contributed by atoms with Gasteiger partial charge in [-0.1, -0.05) is 59.6 Å². The van der Waals surface area contributed by atoms with Crippen LogP contribution >= 0.6 is 23.2 Å². The number of ether oxygens (including phenoxy) is 4. The Hall–Kier alpha value is -4.56. The standard InChI is InChI=1S/C40H38Cl2F3N3O6.H2O/c41-30-19-46-20-31(42)29(30)18-34(26-8-11-33(54-40(44)45)35(16-26)51-22-23-6-7-23)52-38(49)28-10-9-27(17-32(28)43)47-37(25-4-2-1-3-5-25)39(50)53-36-21-48-14-12-24(36)13-15-48;/h1-5,8-11,16-17,19-20,23-24,34,36-37,40,47H,6-7,12-15,18,21-22H2;1H2/t34-,36-,37?;/m0./s1. The summed E-state index contributed by atoms with van der Waals surface area (Å²) < 4.78 is 64.8. The average Bonchev–Trinajstić information content (AvgIpc) is 4.00. The van der Waals surface area contributed by atoms with Crippen molar-refractivity contribution in [2.24, 2.45) is 11.8 Å². The molecule has 1 saturated carbocycles. The monoisotopic (exact) mass is 801 g/mol. The number of anilines is 1. The minimum atomic E-state index is -3.09. The van der Waals surface area contributed by atoms with E-state index in [0.717, 1.165) is 44.8 Å². The maximum atomic E-state index is 15.8. The zero-order valence-electron chi connectivity index (χ0n) is 29.6. The molecule has 292 valence electrons. The number of aromatic nitrogens is 1. The molecule has 4 aromatic rings. The van der Waals surface area contributed by atoms with Gasteiger partial charge in [0, 0.05) is 24.2 Å². The lowest BCUT2D eigenvalue weighted by Gasteiger charge is -2.44. The summed E-state index contributed by atoms with van der Waals surface area (Å²) in [6, 6.07) is 16.1. The van der Waals surface area contributed by atoms with E-state index in [1.54, 1.807) is 24.3 Å². The number of alkyl halides is 2. The van der Waals surface area contributed by atoms with Gasteiger partial charge in [-0.2, -0.15) is 8.78 Å². The Kier molecular flexibility index (Phi) is 13.1. The van der Waals surface area contributed by atoms with Gasteiger partial charge < -0.3 is 29.7 Å². The predicted molar refractivity (Wildman–Crippen MR) is 196 cm³/mol. The SMILES string of the molecule is O=C(O[C@@H](Cc1c(Cl)c[nH+]cc1Cl)c1ccc(OC(F)F)c(OCC2CC2)c1)c1ccc(NC(C(=O)O[C@H]2CN3CCC2CC3)c2ccccc2)cc1F.[OH-]. The smallest absolute Gasteiger partial charge is 0.387 e. The zero-order valence-corrected chi connectivity index (χ0v) is 31.1. The summed E-state index contributed by atoms with van der Waals surface area (Å²) in [5.41, 5.74) is 1.28. The van der Waals surface area contributed by atoms with E-state index in [4.69, 9.17) is 37.4 Å². The van der Waals surface area contributed by atoms with Crippen LogP contribution in [0, 0.1) is 17.7 Å². The van der Waals surface area contributed by atoms with E-state index in [1.807, 2.05) is 6.07 Å². The third-order valence-electron chi connectivity index (χ3n) is 10.1. The van der Waals surface area contributed by atoms with Gasteiger partial charge in [0.1, 0.15) is 28.1 Å². The van der Waals surface area contributed by atoms with Crippen molar-refractivity contribution < 1.29 is 52.2 Å². The van der Waals surface area contributed by atoms with Crippen LogP contribution in [0.1, 0.15) is 64.9 Å². The van der Waals surface area contributed by atoms with Crippen molar-refractivity contribution in [3.05, 3.63) is 117 Å². The highest BCUT2D eigenvalue weighted by molar-refractivity contribution is 6.35. The molecule has 1 aliphatic carbocycles. The summed E-state index contributed by atoms with van der Waals surface area (Å²) >= 11 is 12.9. The molecular formula is C40H40Cl2F3N3O7. The average molecular weight is 803 g/mol. The molecule has 3 saturated heterocycles. The number of fused-ring (bicyclic) bond motifs is 3. The molecule has 1 aromatic heterocycles. The summed E-state index contributed by atoms with van der Waals surface area (Å²) in [7, 11) is 0. The van der Waals surface area contributed by atoms with E-state index < -0.39 is 36.5 Å². The molecule has 0 spiro atoms. The number of hydrogen-bond donors (Lipinski definition) is 1. The number of benzene rings is 3. The van der Waals surface area contributed by atoms with E-state index in [2.05, 4.69) is 19.9 Å². The van der Waals surface area contributed by atoms with Crippen LogP contribution in [-0.2, 0) is 20.7 Å². The van der Waals surface area contributed by atoms with Gasteiger partial charge in [-0.05, 0) is 92.1 Å². The fourth-order valence-electron chi connectivity index (χ4n) is 6.92. The Labute approximate surface area is 326 Å². The summed E-state index contributed by atoms with van der Waals surface area (Å²) in [6.07, 6.45) is 5.51. The van der Waals surface area contributed by atoms with Gasteiger partial charge >= 0.3 is 18.6 Å². The van der Waals surface area contributed by atoms with Crippen LogP contribution in [0.25, 0.3) is 0 Å². The molecule has 3 atom stereocenters. The molecule has 8 rings (SSSR count). The Morgan fingerprint density at radius 2 is 1.64 bits per heavy atom. The van der Waals surface area contributed by atoms with Crippen LogP contribution < -0.4 is 19.8 Å². The molecule has 15 heteroatoms. The molecule has 3 N–H and O–H groups in total. The van der Waals surface area contributed by atoms with E-state index in [1.165, 1.54) is 42.7 Å².